The summed E-state index contributed by atoms with van der Waals surface area (Å²) in [6, 6.07) is 0.421. The number of hydrogen-bond acceptors (Lipinski definition) is 5. The second-order valence-corrected chi connectivity index (χ2v) is 6.01. The van der Waals surface area contributed by atoms with Crippen LogP contribution in [0.3, 0.4) is 0 Å². The molecule has 0 unspecified atom stereocenters. The van der Waals surface area contributed by atoms with Crippen molar-refractivity contribution in [3.8, 4) is 0 Å². The minimum absolute atomic E-state index is 0.248. The Morgan fingerprint density at radius 1 is 1.10 bits per heavy atom. The van der Waals surface area contributed by atoms with E-state index in [2.05, 4.69) is 59.8 Å². The highest BCUT2D eigenvalue weighted by atomic mass is 35.5. The molecule has 0 amide bonds. The van der Waals surface area contributed by atoms with Gasteiger partial charge in [0.15, 0.2) is 0 Å². The fraction of sp³-hybridized carbons (Fsp3) is 0.800. The van der Waals surface area contributed by atoms with E-state index >= 15 is 0 Å². The summed E-state index contributed by atoms with van der Waals surface area (Å²) in [5.41, 5.74) is 0. The van der Waals surface area contributed by atoms with Crippen LogP contribution in [0.1, 0.15) is 53.9 Å². The summed E-state index contributed by atoms with van der Waals surface area (Å²) in [5.74, 6) is 1.77. The molecule has 0 aliphatic heterocycles. The van der Waals surface area contributed by atoms with Gasteiger partial charge in [0.2, 0.25) is 17.2 Å². The molecular formula is C15H28ClN5. The molecular weight excluding hydrogens is 286 g/mol. The third-order valence-electron chi connectivity index (χ3n) is 3.33. The van der Waals surface area contributed by atoms with Gasteiger partial charge in [0.05, 0.1) is 0 Å². The van der Waals surface area contributed by atoms with Gasteiger partial charge in [-0.15, -0.1) is 0 Å². The zero-order valence-electron chi connectivity index (χ0n) is 13.9. The Labute approximate surface area is 133 Å². The molecule has 1 N–H and O–H groups in total. The maximum atomic E-state index is 6.07. The summed E-state index contributed by atoms with van der Waals surface area (Å²) in [4.78, 5) is 15.3. The van der Waals surface area contributed by atoms with Crippen LogP contribution < -0.4 is 10.2 Å². The van der Waals surface area contributed by atoms with E-state index in [1.807, 2.05) is 0 Å². The van der Waals surface area contributed by atoms with Gasteiger partial charge in [0.25, 0.3) is 0 Å². The lowest BCUT2D eigenvalue weighted by Crippen LogP contribution is -2.38. The molecule has 0 atom stereocenters. The molecule has 0 saturated carbocycles. The first-order valence-electron chi connectivity index (χ1n) is 7.93. The normalized spacial score (nSPS) is 11.2. The zero-order chi connectivity index (χ0) is 15.8. The topological polar surface area (TPSA) is 53.9 Å². The summed E-state index contributed by atoms with van der Waals surface area (Å²) in [6.07, 6.45) is 3.13. The van der Waals surface area contributed by atoms with Crippen molar-refractivity contribution in [3.63, 3.8) is 0 Å². The van der Waals surface area contributed by atoms with Crippen LogP contribution in [-0.2, 0) is 0 Å². The molecule has 0 fully saturated rings. The first-order valence-corrected chi connectivity index (χ1v) is 8.31. The molecule has 5 nitrogen and oxygen atoms in total. The van der Waals surface area contributed by atoms with Crippen molar-refractivity contribution in [1.82, 2.24) is 15.0 Å². The lowest BCUT2D eigenvalue weighted by Gasteiger charge is -2.32. The summed E-state index contributed by atoms with van der Waals surface area (Å²) in [7, 11) is 0. The average Bonchev–Trinajstić information content (AvgIpc) is 2.44. The summed E-state index contributed by atoms with van der Waals surface area (Å²) in [6.45, 7) is 12.6. The molecule has 1 aromatic rings. The van der Waals surface area contributed by atoms with Crippen molar-refractivity contribution >= 4 is 23.5 Å². The average molecular weight is 314 g/mol. The SMILES string of the molecule is CCCNc1nc(Cl)nc(N(CC(C)C)C(CC)CC)n1. The van der Waals surface area contributed by atoms with Gasteiger partial charge in [-0.1, -0.05) is 34.6 Å². The van der Waals surface area contributed by atoms with Gasteiger partial charge in [-0.3, -0.25) is 0 Å². The molecule has 1 aromatic heterocycles. The smallest absolute Gasteiger partial charge is 0.231 e. The van der Waals surface area contributed by atoms with E-state index < -0.39 is 0 Å². The Morgan fingerprint density at radius 3 is 2.29 bits per heavy atom. The summed E-state index contributed by atoms with van der Waals surface area (Å²) in [5, 5.41) is 3.43. The molecule has 0 aliphatic carbocycles. The van der Waals surface area contributed by atoms with Crippen molar-refractivity contribution < 1.29 is 0 Å². The quantitative estimate of drug-likeness (QED) is 0.747. The number of nitrogens with one attached hydrogen (secondary N) is 1. The van der Waals surface area contributed by atoms with Crippen LogP contribution in [0.25, 0.3) is 0 Å². The monoisotopic (exact) mass is 313 g/mol. The van der Waals surface area contributed by atoms with Crippen LogP contribution in [0.15, 0.2) is 0 Å². The molecule has 0 radical (unpaired) electrons. The Morgan fingerprint density at radius 2 is 1.76 bits per heavy atom. The van der Waals surface area contributed by atoms with Crippen LogP contribution in [0, 0.1) is 5.92 Å². The Balaban J connectivity index is 3.07. The molecule has 1 heterocycles. The van der Waals surface area contributed by atoms with Crippen LogP contribution >= 0.6 is 11.6 Å². The van der Waals surface area contributed by atoms with Crippen LogP contribution in [0.2, 0.25) is 5.28 Å². The van der Waals surface area contributed by atoms with E-state index in [0.717, 1.165) is 32.4 Å². The standard InChI is InChI=1S/C15H28ClN5/c1-6-9-17-14-18-13(16)19-15(20-14)21(10-11(4)5)12(7-2)8-3/h11-12H,6-10H2,1-5H3,(H,17,18,19,20). The van der Waals surface area contributed by atoms with E-state index in [9.17, 15) is 0 Å². The largest absolute Gasteiger partial charge is 0.354 e. The number of aromatic nitrogens is 3. The molecule has 21 heavy (non-hydrogen) atoms. The Kier molecular flexibility index (Phi) is 7.72. The third-order valence-corrected chi connectivity index (χ3v) is 3.50. The second kappa shape index (κ2) is 9.03. The van der Waals surface area contributed by atoms with E-state index in [4.69, 9.17) is 11.6 Å². The molecule has 0 aromatic carbocycles. The van der Waals surface area contributed by atoms with Crippen molar-refractivity contribution in [3.05, 3.63) is 5.28 Å². The van der Waals surface area contributed by atoms with Gasteiger partial charge < -0.3 is 10.2 Å². The fourth-order valence-corrected chi connectivity index (χ4v) is 2.46. The molecule has 6 heteroatoms. The molecule has 120 valence electrons. The maximum absolute atomic E-state index is 6.07. The van der Waals surface area contributed by atoms with Crippen molar-refractivity contribution in [2.75, 3.05) is 23.3 Å². The van der Waals surface area contributed by atoms with Crippen LogP contribution in [-0.4, -0.2) is 34.1 Å². The lowest BCUT2D eigenvalue weighted by atomic mass is 10.1. The Bertz CT molecular complexity index is 421. The van der Waals surface area contributed by atoms with Gasteiger partial charge in [-0.25, -0.2) is 0 Å². The lowest BCUT2D eigenvalue weighted by molar-refractivity contribution is 0.498. The minimum atomic E-state index is 0.248. The molecule has 0 aliphatic rings. The highest BCUT2D eigenvalue weighted by Crippen LogP contribution is 2.20. The number of halogens is 1. The summed E-state index contributed by atoms with van der Waals surface area (Å²) < 4.78 is 0. The predicted octanol–water partition coefficient (Wildman–Crippen LogP) is 4.00. The van der Waals surface area contributed by atoms with Crippen molar-refractivity contribution in [2.24, 2.45) is 5.92 Å². The second-order valence-electron chi connectivity index (χ2n) is 5.67. The highest BCUT2D eigenvalue weighted by molar-refractivity contribution is 6.28. The molecule has 0 bridgehead atoms. The predicted molar refractivity (Wildman–Crippen MR) is 90.2 cm³/mol. The van der Waals surface area contributed by atoms with E-state index in [-0.39, 0.29) is 5.28 Å². The van der Waals surface area contributed by atoms with Crippen LogP contribution in [0.4, 0.5) is 11.9 Å². The molecule has 1 rings (SSSR count). The summed E-state index contributed by atoms with van der Waals surface area (Å²) >= 11 is 6.07. The highest BCUT2D eigenvalue weighted by Gasteiger charge is 2.20. The first kappa shape index (κ1) is 18.0. The van der Waals surface area contributed by atoms with Crippen LogP contribution in [0.5, 0.6) is 0 Å². The third kappa shape index (κ3) is 5.65. The van der Waals surface area contributed by atoms with Gasteiger partial charge in [-0.2, -0.15) is 15.0 Å². The van der Waals surface area contributed by atoms with E-state index in [1.54, 1.807) is 0 Å². The number of anilines is 2. The minimum Gasteiger partial charge on any atom is -0.354 e. The van der Waals surface area contributed by atoms with E-state index in [0.29, 0.717) is 23.9 Å². The van der Waals surface area contributed by atoms with Gasteiger partial charge in [0, 0.05) is 19.1 Å². The number of nitrogens with zero attached hydrogens (tertiary/aromatic N) is 4. The maximum Gasteiger partial charge on any atom is 0.231 e. The van der Waals surface area contributed by atoms with Gasteiger partial charge in [-0.05, 0) is 36.8 Å². The first-order chi connectivity index (χ1) is 10.0. The van der Waals surface area contributed by atoms with Gasteiger partial charge in [0.1, 0.15) is 0 Å². The molecule has 0 spiro atoms. The van der Waals surface area contributed by atoms with E-state index in [1.165, 1.54) is 0 Å². The fourth-order valence-electron chi connectivity index (χ4n) is 2.30. The number of rotatable bonds is 9. The van der Waals surface area contributed by atoms with Gasteiger partial charge >= 0.3 is 0 Å². The molecule has 0 saturated heterocycles. The van der Waals surface area contributed by atoms with Crippen molar-refractivity contribution in [2.45, 2.75) is 59.9 Å². The number of hydrogen-bond donors (Lipinski definition) is 1. The Hall–Kier alpha value is -1.10. The zero-order valence-corrected chi connectivity index (χ0v) is 14.6. The van der Waals surface area contributed by atoms with Crippen molar-refractivity contribution in [1.29, 1.82) is 0 Å².